The second-order valence-electron chi connectivity index (χ2n) is 15.0. The normalized spacial score (nSPS) is 37.2. The minimum atomic E-state index is -2.23. The van der Waals surface area contributed by atoms with Gasteiger partial charge in [0.15, 0.2) is 5.78 Å². The number of carbonyl (C=O) groups is 2. The molecule has 0 saturated heterocycles. The molecule has 252 valence electrons. The first-order chi connectivity index (χ1) is 21.6. The molecule has 0 N–H and O–H groups in total. The molecule has 5 rings (SSSR count). The maximum Gasteiger partial charge on any atom is 0.348 e. The number of hydrogen-bond acceptors (Lipinski definition) is 7. The fourth-order valence-electron chi connectivity index (χ4n) is 10.4. The molecule has 1 aromatic carbocycles. The highest BCUT2D eigenvalue weighted by Crippen LogP contribution is 2.68. The van der Waals surface area contributed by atoms with Crippen molar-refractivity contribution in [3.05, 3.63) is 35.9 Å². The van der Waals surface area contributed by atoms with E-state index in [2.05, 4.69) is 20.8 Å². The van der Waals surface area contributed by atoms with Gasteiger partial charge in [-0.2, -0.15) is 0 Å². The van der Waals surface area contributed by atoms with Gasteiger partial charge >= 0.3 is 5.97 Å². The number of ether oxygens (including phenoxy) is 5. The summed E-state index contributed by atoms with van der Waals surface area (Å²) < 4.78 is 43.1. The van der Waals surface area contributed by atoms with Gasteiger partial charge in [0.2, 0.25) is 0 Å². The molecule has 0 heterocycles. The predicted molar refractivity (Wildman–Crippen MR) is 169 cm³/mol. The molecule has 1 aromatic rings. The third-order valence-corrected chi connectivity index (χ3v) is 12.8. The lowest BCUT2D eigenvalue weighted by Gasteiger charge is -2.63. The van der Waals surface area contributed by atoms with Crippen LogP contribution in [-0.2, 0) is 39.9 Å². The molecule has 4 aliphatic carbocycles. The summed E-state index contributed by atoms with van der Waals surface area (Å²) in [5.74, 6) is 1.12. The lowest BCUT2D eigenvalue weighted by atomic mass is 9.43. The summed E-state index contributed by atoms with van der Waals surface area (Å²) >= 11 is 0. The first kappa shape index (κ1) is 34.5. The summed E-state index contributed by atoms with van der Waals surface area (Å²) in [7, 11) is 3.38. The van der Waals surface area contributed by atoms with E-state index in [1.165, 1.54) is 19.3 Å². The van der Waals surface area contributed by atoms with Crippen LogP contribution in [-0.4, -0.2) is 57.9 Å². The third-order valence-electron chi connectivity index (χ3n) is 12.8. The fraction of sp³-hybridized carbons (Fsp3) is 0.784. The van der Waals surface area contributed by atoms with Gasteiger partial charge in [-0.3, -0.25) is 4.79 Å². The van der Waals surface area contributed by atoms with Gasteiger partial charge in [-0.05, 0) is 110 Å². The van der Waals surface area contributed by atoms with Gasteiger partial charge in [-0.25, -0.2) is 9.18 Å². The number of esters is 1. The fourth-order valence-corrected chi connectivity index (χ4v) is 10.4. The van der Waals surface area contributed by atoms with Crippen molar-refractivity contribution >= 4 is 11.8 Å². The van der Waals surface area contributed by atoms with E-state index in [1.54, 1.807) is 26.4 Å². The number of methoxy groups -OCH3 is 2. The average Bonchev–Trinajstić information content (AvgIpc) is 3.41. The van der Waals surface area contributed by atoms with Crippen LogP contribution < -0.4 is 0 Å². The summed E-state index contributed by atoms with van der Waals surface area (Å²) in [6.07, 6.45) is 7.77. The largest absolute Gasteiger partial charge is 0.458 e. The molecule has 4 fully saturated rings. The Morgan fingerprint density at radius 1 is 0.911 bits per heavy atom. The van der Waals surface area contributed by atoms with Crippen molar-refractivity contribution in [2.75, 3.05) is 27.8 Å². The van der Waals surface area contributed by atoms with E-state index in [1.807, 2.05) is 18.2 Å². The smallest absolute Gasteiger partial charge is 0.348 e. The third kappa shape index (κ3) is 7.19. The van der Waals surface area contributed by atoms with Crippen LogP contribution in [0.5, 0.6) is 0 Å². The Balaban J connectivity index is 1.21. The monoisotopic (exact) mass is 630 g/mol. The molecule has 0 amide bonds. The average molecular weight is 631 g/mol. The van der Waals surface area contributed by atoms with Crippen LogP contribution in [0, 0.1) is 46.3 Å². The van der Waals surface area contributed by atoms with E-state index >= 15 is 0 Å². The van der Waals surface area contributed by atoms with E-state index < -0.39 is 17.9 Å². The first-order valence-corrected chi connectivity index (χ1v) is 17.2. The quantitative estimate of drug-likeness (QED) is 0.121. The Labute approximate surface area is 269 Å². The molecule has 0 radical (unpaired) electrons. The Hall–Kier alpha value is -1.87. The zero-order valence-electron chi connectivity index (χ0n) is 28.0. The highest BCUT2D eigenvalue weighted by atomic mass is 19.1. The first-order valence-electron chi connectivity index (χ1n) is 17.2. The zero-order valence-corrected chi connectivity index (χ0v) is 28.0. The van der Waals surface area contributed by atoms with Crippen LogP contribution in [0.4, 0.5) is 4.39 Å². The van der Waals surface area contributed by atoms with Crippen molar-refractivity contribution in [2.45, 2.75) is 110 Å². The topological polar surface area (TPSA) is 80.3 Å². The van der Waals surface area contributed by atoms with Crippen molar-refractivity contribution in [2.24, 2.45) is 46.3 Å². The molecule has 7 nitrogen and oxygen atoms in total. The molecule has 0 bridgehead atoms. The van der Waals surface area contributed by atoms with Gasteiger partial charge < -0.3 is 23.7 Å². The summed E-state index contributed by atoms with van der Waals surface area (Å²) in [6.45, 7) is 7.85. The number of alkyl halides is 1. The van der Waals surface area contributed by atoms with Gasteiger partial charge in [0.25, 0.3) is 6.17 Å². The van der Waals surface area contributed by atoms with Gasteiger partial charge in [0.05, 0.1) is 12.2 Å². The van der Waals surface area contributed by atoms with E-state index in [0.717, 1.165) is 37.7 Å². The maximum atomic E-state index is 14.8. The van der Waals surface area contributed by atoms with Crippen molar-refractivity contribution < 1.29 is 37.7 Å². The van der Waals surface area contributed by atoms with Gasteiger partial charge in [0.1, 0.15) is 20.2 Å². The Morgan fingerprint density at radius 3 is 2.33 bits per heavy atom. The number of rotatable bonds is 14. The van der Waals surface area contributed by atoms with E-state index in [0.29, 0.717) is 49.6 Å². The number of benzene rings is 1. The highest BCUT2D eigenvalue weighted by molar-refractivity contribution is 6.01. The number of ketones is 1. The molecular formula is C37H55FO7. The molecule has 45 heavy (non-hydrogen) atoms. The molecule has 4 saturated carbocycles. The minimum Gasteiger partial charge on any atom is -0.458 e. The molecule has 0 aromatic heterocycles. The zero-order chi connectivity index (χ0) is 32.2. The lowest BCUT2D eigenvalue weighted by Crippen LogP contribution is -2.59. The molecule has 1 unspecified atom stereocenters. The lowest BCUT2D eigenvalue weighted by molar-refractivity contribution is -0.213. The van der Waals surface area contributed by atoms with E-state index in [9.17, 15) is 14.0 Å². The molecule has 4 aliphatic rings. The van der Waals surface area contributed by atoms with Crippen LogP contribution in [0.25, 0.3) is 0 Å². The van der Waals surface area contributed by atoms with Gasteiger partial charge in [-0.1, -0.05) is 51.1 Å². The van der Waals surface area contributed by atoms with Crippen LogP contribution in [0.15, 0.2) is 30.3 Å². The Morgan fingerprint density at radius 2 is 1.60 bits per heavy atom. The highest BCUT2D eigenvalue weighted by Gasteiger charge is 2.63. The second-order valence-corrected chi connectivity index (χ2v) is 15.0. The van der Waals surface area contributed by atoms with Crippen molar-refractivity contribution in [1.29, 1.82) is 0 Å². The molecule has 0 aliphatic heterocycles. The molecular weight excluding hydrogens is 575 g/mol. The number of Topliss-reactive ketones (excluding diaryl/α,β-unsaturated/α-hetero) is 1. The van der Waals surface area contributed by atoms with Crippen molar-refractivity contribution in [3.63, 3.8) is 0 Å². The van der Waals surface area contributed by atoms with Gasteiger partial charge in [0, 0.05) is 20.6 Å². The number of halogens is 1. The Bertz CT molecular complexity index is 1130. The molecule has 11 atom stereocenters. The Kier molecular flexibility index (Phi) is 11.4. The number of carbonyl (C=O) groups excluding carboxylic acids is 2. The van der Waals surface area contributed by atoms with Gasteiger partial charge in [-0.15, -0.1) is 0 Å². The maximum absolute atomic E-state index is 14.8. The van der Waals surface area contributed by atoms with Crippen LogP contribution in [0.1, 0.15) is 90.5 Å². The molecule has 0 spiro atoms. The number of hydrogen-bond donors (Lipinski definition) is 0. The predicted octanol–water partition coefficient (Wildman–Crippen LogP) is 7.30. The number of fused-ring (bicyclic) bond motifs is 5. The minimum absolute atomic E-state index is 0.0369. The summed E-state index contributed by atoms with van der Waals surface area (Å²) in [4.78, 5) is 25.0. The summed E-state index contributed by atoms with van der Waals surface area (Å²) in [5.41, 5.74) is 1.18. The van der Waals surface area contributed by atoms with Crippen LogP contribution >= 0.6 is 0 Å². The summed E-state index contributed by atoms with van der Waals surface area (Å²) in [5, 5.41) is 0. The van der Waals surface area contributed by atoms with Crippen molar-refractivity contribution in [1.82, 2.24) is 0 Å². The molecule has 8 heteroatoms. The van der Waals surface area contributed by atoms with Crippen LogP contribution in [0.2, 0.25) is 0 Å². The van der Waals surface area contributed by atoms with E-state index in [-0.39, 0.29) is 42.0 Å². The SMILES string of the molecule is COCO[C@@H]1CC[C@@]2(C)[C@@H](C1)C[C@@H](OCOC)[C@@H]1[C@@H]2CC[C@]2(C)[C@@H]([C@H](C)CCC(=O)C(F)C(=O)OCc3ccccc3)CC[C@@H]12. The standard InChI is InChI=1S/C37H55FO7/c1-24(11-14-31(39)34(38)35(40)43-21-25-9-7-6-8-10-25)28-12-13-29-33-30(16-18-37(28,29)3)36(2)17-15-27(44-22-41-4)19-26(36)20-32(33)45-23-42-5/h6-10,24,26-30,32-34H,11-23H2,1-5H3/t24-,26+,27-,28-,29+,30+,32-,33+,34?,36+,37-/m1/s1. The van der Waals surface area contributed by atoms with Crippen LogP contribution in [0.3, 0.4) is 0 Å². The van der Waals surface area contributed by atoms with E-state index in [4.69, 9.17) is 23.7 Å². The second kappa shape index (κ2) is 14.9. The summed E-state index contributed by atoms with van der Waals surface area (Å²) in [6, 6.07) is 9.11. The van der Waals surface area contributed by atoms with Crippen molar-refractivity contribution in [3.8, 4) is 0 Å².